The number of hydrogen-bond donors (Lipinski definition) is 2. The number of nitrogens with zero attached hydrogens (tertiary/aromatic N) is 5. The Morgan fingerprint density at radius 1 is 0.952 bits per heavy atom. The molecule has 0 bridgehead atoms. The second-order valence-corrected chi connectivity index (χ2v) is 6.29. The lowest BCUT2D eigenvalue weighted by Crippen LogP contribution is -2.40. The van der Waals surface area contributed by atoms with Crippen molar-refractivity contribution in [3.63, 3.8) is 0 Å². The molecule has 3 N–H and O–H groups in total. The van der Waals surface area contributed by atoms with E-state index in [9.17, 15) is 0 Å². The maximum Gasteiger partial charge on any atom is 0.243 e. The molecule has 1 aromatic rings. The summed E-state index contributed by atoms with van der Waals surface area (Å²) in [5.74, 6) is 8.88. The average molecular weight is 291 g/mol. The maximum atomic E-state index is 5.53. The number of hydrogen-bond acceptors (Lipinski definition) is 7. The van der Waals surface area contributed by atoms with Crippen molar-refractivity contribution >= 4 is 17.8 Å². The minimum Gasteiger partial charge on any atom is -0.341 e. The van der Waals surface area contributed by atoms with E-state index in [1.807, 2.05) is 0 Å². The number of nitrogen functional groups attached to an aromatic ring is 1. The third-order valence-electron chi connectivity index (χ3n) is 4.75. The van der Waals surface area contributed by atoms with Gasteiger partial charge in [0, 0.05) is 26.2 Å². The predicted octanol–water partition coefficient (Wildman–Crippen LogP) is 1.24. The molecule has 0 aliphatic carbocycles. The Hall–Kier alpha value is -1.63. The number of aromatic nitrogens is 3. The molecule has 2 aliphatic heterocycles. The molecule has 0 amide bonds. The molecule has 21 heavy (non-hydrogen) atoms. The lowest BCUT2D eigenvalue weighted by Gasteiger charge is -2.35. The first-order valence-corrected chi connectivity index (χ1v) is 7.90. The van der Waals surface area contributed by atoms with Crippen molar-refractivity contribution in [1.29, 1.82) is 0 Å². The molecule has 2 fully saturated rings. The molecule has 7 nitrogen and oxygen atoms in total. The monoisotopic (exact) mass is 291 g/mol. The Kier molecular flexibility index (Phi) is 4.10. The van der Waals surface area contributed by atoms with Gasteiger partial charge in [-0.25, -0.2) is 5.84 Å². The summed E-state index contributed by atoms with van der Waals surface area (Å²) in [6.07, 6.45) is 3.58. The van der Waals surface area contributed by atoms with Crippen LogP contribution in [0.3, 0.4) is 0 Å². The van der Waals surface area contributed by atoms with Crippen LogP contribution in [0.25, 0.3) is 0 Å². The Labute approximate surface area is 125 Å². The second-order valence-electron chi connectivity index (χ2n) is 6.29. The Morgan fingerprint density at radius 3 is 2.24 bits per heavy atom. The SMILES string of the molecule is CC1CCN(c2nc(NN)nc(N3CCCC3)n2)CC1C. The van der Waals surface area contributed by atoms with E-state index in [0.717, 1.165) is 44.0 Å². The number of anilines is 3. The van der Waals surface area contributed by atoms with Crippen molar-refractivity contribution in [2.45, 2.75) is 33.1 Å². The van der Waals surface area contributed by atoms with Gasteiger partial charge in [-0.1, -0.05) is 13.8 Å². The summed E-state index contributed by atoms with van der Waals surface area (Å²) in [6, 6.07) is 0. The number of hydrazine groups is 1. The van der Waals surface area contributed by atoms with Crippen molar-refractivity contribution in [3.8, 4) is 0 Å². The van der Waals surface area contributed by atoms with Crippen LogP contribution < -0.4 is 21.1 Å². The van der Waals surface area contributed by atoms with Crippen LogP contribution in [-0.2, 0) is 0 Å². The van der Waals surface area contributed by atoms with Crippen LogP contribution in [0.15, 0.2) is 0 Å². The standard InChI is InChI=1S/C14H25N7/c1-10-5-8-21(9-11(10)2)14-17-12(19-15)16-13(18-14)20-6-3-4-7-20/h10-11H,3-9,15H2,1-2H3,(H,16,17,18,19). The maximum absolute atomic E-state index is 5.53. The number of nitrogens with two attached hydrogens (primary N) is 1. The van der Waals surface area contributed by atoms with Crippen molar-refractivity contribution < 1.29 is 0 Å². The van der Waals surface area contributed by atoms with Gasteiger partial charge in [0.15, 0.2) is 0 Å². The lowest BCUT2D eigenvalue weighted by atomic mass is 9.89. The average Bonchev–Trinajstić information content (AvgIpc) is 3.04. The highest BCUT2D eigenvalue weighted by molar-refractivity contribution is 5.45. The van der Waals surface area contributed by atoms with Crippen LogP contribution in [0.4, 0.5) is 17.8 Å². The molecule has 1 aromatic heterocycles. The van der Waals surface area contributed by atoms with Crippen molar-refractivity contribution in [2.75, 3.05) is 41.4 Å². The van der Waals surface area contributed by atoms with E-state index >= 15 is 0 Å². The molecule has 2 unspecified atom stereocenters. The first-order chi connectivity index (χ1) is 10.2. The van der Waals surface area contributed by atoms with Crippen molar-refractivity contribution in [3.05, 3.63) is 0 Å². The summed E-state index contributed by atoms with van der Waals surface area (Å²) in [5, 5.41) is 0. The van der Waals surface area contributed by atoms with Gasteiger partial charge in [0.1, 0.15) is 0 Å². The van der Waals surface area contributed by atoms with Gasteiger partial charge < -0.3 is 9.80 Å². The Morgan fingerprint density at radius 2 is 1.62 bits per heavy atom. The molecule has 0 saturated carbocycles. The zero-order chi connectivity index (χ0) is 14.8. The third-order valence-corrected chi connectivity index (χ3v) is 4.75. The van der Waals surface area contributed by atoms with E-state index in [0.29, 0.717) is 11.9 Å². The minimum absolute atomic E-state index is 0.452. The van der Waals surface area contributed by atoms with Gasteiger partial charge in [0.05, 0.1) is 0 Å². The highest BCUT2D eigenvalue weighted by atomic mass is 15.4. The smallest absolute Gasteiger partial charge is 0.243 e. The molecular weight excluding hydrogens is 266 g/mol. The molecule has 2 aliphatic rings. The first-order valence-electron chi connectivity index (χ1n) is 7.90. The lowest BCUT2D eigenvalue weighted by molar-refractivity contribution is 0.321. The normalized spacial score (nSPS) is 26.2. The van der Waals surface area contributed by atoms with Gasteiger partial charge in [-0.05, 0) is 31.1 Å². The van der Waals surface area contributed by atoms with Crippen LogP contribution in [0.5, 0.6) is 0 Å². The molecule has 0 radical (unpaired) electrons. The predicted molar refractivity (Wildman–Crippen MR) is 84.2 cm³/mol. The van der Waals surface area contributed by atoms with Crippen LogP contribution in [0.2, 0.25) is 0 Å². The van der Waals surface area contributed by atoms with E-state index in [1.54, 1.807) is 0 Å². The minimum atomic E-state index is 0.452. The topological polar surface area (TPSA) is 83.2 Å². The van der Waals surface area contributed by atoms with Gasteiger partial charge in [-0.15, -0.1) is 0 Å². The van der Waals surface area contributed by atoms with Crippen LogP contribution in [-0.4, -0.2) is 41.1 Å². The fraction of sp³-hybridized carbons (Fsp3) is 0.786. The molecule has 0 spiro atoms. The number of piperidine rings is 1. The van der Waals surface area contributed by atoms with Crippen molar-refractivity contribution in [2.24, 2.45) is 17.7 Å². The van der Waals surface area contributed by atoms with E-state index in [4.69, 9.17) is 5.84 Å². The van der Waals surface area contributed by atoms with Gasteiger partial charge in [0.2, 0.25) is 17.8 Å². The van der Waals surface area contributed by atoms with Crippen LogP contribution in [0, 0.1) is 11.8 Å². The molecule has 2 atom stereocenters. The number of nitrogens with one attached hydrogen (secondary N) is 1. The van der Waals surface area contributed by atoms with E-state index in [2.05, 4.69) is 44.0 Å². The molecular formula is C14H25N7. The summed E-state index contributed by atoms with van der Waals surface area (Å²) in [5.41, 5.74) is 2.57. The number of rotatable bonds is 3. The zero-order valence-electron chi connectivity index (χ0n) is 12.9. The fourth-order valence-electron chi connectivity index (χ4n) is 3.06. The molecule has 3 rings (SSSR count). The van der Waals surface area contributed by atoms with Crippen molar-refractivity contribution in [1.82, 2.24) is 15.0 Å². The van der Waals surface area contributed by atoms with E-state index < -0.39 is 0 Å². The Balaban J connectivity index is 1.85. The second kappa shape index (κ2) is 6.01. The quantitative estimate of drug-likeness (QED) is 0.640. The molecule has 0 aromatic carbocycles. The summed E-state index contributed by atoms with van der Waals surface area (Å²) < 4.78 is 0. The van der Waals surface area contributed by atoms with Gasteiger partial charge in [0.25, 0.3) is 0 Å². The third kappa shape index (κ3) is 3.02. The fourth-order valence-corrected chi connectivity index (χ4v) is 3.06. The summed E-state index contributed by atoms with van der Waals surface area (Å²) >= 11 is 0. The van der Waals surface area contributed by atoms with Gasteiger partial charge >= 0.3 is 0 Å². The highest BCUT2D eigenvalue weighted by Gasteiger charge is 2.26. The Bertz CT molecular complexity index is 486. The first kappa shape index (κ1) is 14.3. The molecule has 2 saturated heterocycles. The summed E-state index contributed by atoms with van der Waals surface area (Å²) in [6.45, 7) is 8.63. The highest BCUT2D eigenvalue weighted by Crippen LogP contribution is 2.27. The van der Waals surface area contributed by atoms with E-state index in [1.165, 1.54) is 19.3 Å². The van der Waals surface area contributed by atoms with E-state index in [-0.39, 0.29) is 0 Å². The zero-order valence-corrected chi connectivity index (χ0v) is 12.9. The summed E-state index contributed by atoms with van der Waals surface area (Å²) in [7, 11) is 0. The van der Waals surface area contributed by atoms with Gasteiger partial charge in [-0.3, -0.25) is 5.43 Å². The molecule has 116 valence electrons. The largest absolute Gasteiger partial charge is 0.341 e. The summed E-state index contributed by atoms with van der Waals surface area (Å²) in [4.78, 5) is 18.0. The molecule has 7 heteroatoms. The van der Waals surface area contributed by atoms with Gasteiger partial charge in [-0.2, -0.15) is 15.0 Å². The molecule has 3 heterocycles. The van der Waals surface area contributed by atoms with Crippen LogP contribution in [0.1, 0.15) is 33.1 Å². The van der Waals surface area contributed by atoms with Crippen LogP contribution >= 0.6 is 0 Å².